The molecule has 1 saturated heterocycles. The fourth-order valence-corrected chi connectivity index (χ4v) is 6.95. The summed E-state index contributed by atoms with van der Waals surface area (Å²) in [5.74, 6) is -0.426. The van der Waals surface area contributed by atoms with Crippen LogP contribution in [-0.4, -0.2) is 48.1 Å². The van der Waals surface area contributed by atoms with Gasteiger partial charge in [-0.15, -0.1) is 0 Å². The number of hydrogen-bond donors (Lipinski definition) is 1. The molecule has 8 nitrogen and oxygen atoms in total. The van der Waals surface area contributed by atoms with E-state index in [1.54, 1.807) is 42.5 Å². The summed E-state index contributed by atoms with van der Waals surface area (Å²) in [5.41, 5.74) is 2.91. The van der Waals surface area contributed by atoms with Crippen LogP contribution < -0.4 is 4.74 Å². The molecule has 1 aliphatic heterocycles. The number of sulfonamides is 1. The molecule has 0 bridgehead atoms. The van der Waals surface area contributed by atoms with Crippen LogP contribution in [0.5, 0.6) is 5.75 Å². The maximum Gasteiger partial charge on any atom is 0.307 e. The van der Waals surface area contributed by atoms with Crippen LogP contribution in [0.15, 0.2) is 83.9 Å². The number of aliphatic carboxylic acids is 1. The number of rotatable bonds is 9. The van der Waals surface area contributed by atoms with E-state index in [4.69, 9.17) is 4.74 Å². The third kappa shape index (κ3) is 5.39. The average molecular weight is 544 g/mol. The van der Waals surface area contributed by atoms with Crippen LogP contribution in [0.4, 0.5) is 0 Å². The summed E-state index contributed by atoms with van der Waals surface area (Å²) >= 11 is 0. The van der Waals surface area contributed by atoms with Crippen LogP contribution in [-0.2, 0) is 27.7 Å². The molecular formula is C30H29N3O5S. The monoisotopic (exact) mass is 543 g/mol. The Morgan fingerprint density at radius 2 is 1.82 bits per heavy atom. The number of carbonyl (C=O) groups is 1. The standard InChI is InChI=1S/C30H29N3O5S/c1-2-38-25-9-11-26(12-10-25)39(36,37)32-18-24(14-21-6-4-3-5-7-21)29(20-32)33-19-23(16-30(34)35)27-13-8-22(17-31)15-28(27)33/h3-13,15,19,24,29H,2,14,16,18,20H2,1H3,(H,34,35)/t24-,29+/m1/s1. The number of fused-ring (bicyclic) bond motifs is 1. The zero-order chi connectivity index (χ0) is 27.6. The highest BCUT2D eigenvalue weighted by molar-refractivity contribution is 7.89. The van der Waals surface area contributed by atoms with Crippen LogP contribution in [0, 0.1) is 17.2 Å². The van der Waals surface area contributed by atoms with E-state index in [0.29, 0.717) is 36.4 Å². The van der Waals surface area contributed by atoms with Crippen molar-refractivity contribution in [3.63, 3.8) is 0 Å². The second kappa shape index (κ2) is 10.9. The van der Waals surface area contributed by atoms with Gasteiger partial charge in [-0.05, 0) is 66.8 Å². The van der Waals surface area contributed by atoms with Gasteiger partial charge in [-0.25, -0.2) is 8.42 Å². The van der Waals surface area contributed by atoms with Crippen molar-refractivity contribution < 1.29 is 23.1 Å². The van der Waals surface area contributed by atoms with Crippen molar-refractivity contribution in [2.24, 2.45) is 5.92 Å². The number of nitrogens with zero attached hydrogens (tertiary/aromatic N) is 3. The van der Waals surface area contributed by atoms with E-state index in [-0.39, 0.29) is 29.8 Å². The van der Waals surface area contributed by atoms with Gasteiger partial charge in [-0.2, -0.15) is 9.57 Å². The number of nitriles is 1. The maximum absolute atomic E-state index is 13.7. The third-order valence-electron chi connectivity index (χ3n) is 7.23. The molecule has 1 aromatic heterocycles. The molecule has 9 heteroatoms. The quantitative estimate of drug-likeness (QED) is 0.329. The van der Waals surface area contributed by atoms with E-state index in [9.17, 15) is 23.6 Å². The lowest BCUT2D eigenvalue weighted by molar-refractivity contribution is -0.136. The van der Waals surface area contributed by atoms with Gasteiger partial charge in [-0.3, -0.25) is 4.79 Å². The van der Waals surface area contributed by atoms with E-state index in [1.165, 1.54) is 4.31 Å². The van der Waals surface area contributed by atoms with Gasteiger partial charge >= 0.3 is 5.97 Å². The van der Waals surface area contributed by atoms with Gasteiger partial charge in [0, 0.05) is 30.2 Å². The Morgan fingerprint density at radius 3 is 2.49 bits per heavy atom. The lowest BCUT2D eigenvalue weighted by atomic mass is 9.94. The maximum atomic E-state index is 13.7. The van der Waals surface area contributed by atoms with Crippen molar-refractivity contribution in [1.29, 1.82) is 5.26 Å². The van der Waals surface area contributed by atoms with Crippen molar-refractivity contribution >= 4 is 26.9 Å². The first-order valence-electron chi connectivity index (χ1n) is 12.8. The first-order valence-corrected chi connectivity index (χ1v) is 14.3. The number of ether oxygens (including phenoxy) is 1. The molecule has 39 heavy (non-hydrogen) atoms. The summed E-state index contributed by atoms with van der Waals surface area (Å²) < 4.78 is 36.5. The topological polar surface area (TPSA) is 113 Å². The van der Waals surface area contributed by atoms with E-state index in [0.717, 1.165) is 16.5 Å². The van der Waals surface area contributed by atoms with Crippen LogP contribution in [0.2, 0.25) is 0 Å². The van der Waals surface area contributed by atoms with Crippen molar-refractivity contribution in [2.75, 3.05) is 19.7 Å². The molecule has 5 rings (SSSR count). The molecule has 200 valence electrons. The Bertz CT molecular complexity index is 1640. The Morgan fingerprint density at radius 1 is 1.08 bits per heavy atom. The highest BCUT2D eigenvalue weighted by Gasteiger charge is 2.41. The van der Waals surface area contributed by atoms with Crippen molar-refractivity contribution in [3.05, 3.63) is 95.7 Å². The molecule has 1 aliphatic rings. The van der Waals surface area contributed by atoms with Crippen molar-refractivity contribution in [2.45, 2.75) is 30.7 Å². The van der Waals surface area contributed by atoms with Gasteiger partial charge in [0.15, 0.2) is 0 Å². The molecule has 0 unspecified atom stereocenters. The SMILES string of the molecule is CCOc1ccc(S(=O)(=O)N2C[C@@H](Cc3ccccc3)[C@@H](n3cc(CC(=O)O)c4ccc(C#N)cc43)C2)cc1. The minimum Gasteiger partial charge on any atom is -0.494 e. The molecule has 3 aromatic carbocycles. The van der Waals surface area contributed by atoms with Gasteiger partial charge in [-0.1, -0.05) is 36.4 Å². The summed E-state index contributed by atoms with van der Waals surface area (Å²) in [6.07, 6.45) is 2.29. The van der Waals surface area contributed by atoms with E-state index >= 15 is 0 Å². The van der Waals surface area contributed by atoms with Crippen molar-refractivity contribution in [3.8, 4) is 11.8 Å². The molecule has 2 heterocycles. The van der Waals surface area contributed by atoms with Gasteiger partial charge in [0.2, 0.25) is 10.0 Å². The lowest BCUT2D eigenvalue weighted by Gasteiger charge is -2.21. The van der Waals surface area contributed by atoms with Gasteiger partial charge in [0.1, 0.15) is 5.75 Å². The molecule has 0 amide bonds. The second-order valence-corrected chi connectivity index (χ2v) is 11.7. The van der Waals surface area contributed by atoms with Crippen LogP contribution in [0.1, 0.15) is 29.7 Å². The number of carboxylic acids is 1. The van der Waals surface area contributed by atoms with Crippen LogP contribution in [0.3, 0.4) is 0 Å². The van der Waals surface area contributed by atoms with Gasteiger partial charge < -0.3 is 14.4 Å². The summed E-state index contributed by atoms with van der Waals surface area (Å²) in [7, 11) is -3.80. The average Bonchev–Trinajstić information content (AvgIpc) is 3.51. The minimum absolute atomic E-state index is 0.0797. The van der Waals surface area contributed by atoms with E-state index in [2.05, 4.69) is 6.07 Å². The first-order chi connectivity index (χ1) is 18.8. The molecule has 4 aromatic rings. The molecule has 0 aliphatic carbocycles. The first kappa shape index (κ1) is 26.5. The highest BCUT2D eigenvalue weighted by Crippen LogP contribution is 2.38. The Kier molecular flexibility index (Phi) is 7.42. The molecule has 1 N–H and O–H groups in total. The van der Waals surface area contributed by atoms with Gasteiger partial charge in [0.05, 0.1) is 35.6 Å². The number of aromatic nitrogens is 1. The number of hydrogen-bond acceptors (Lipinski definition) is 5. The van der Waals surface area contributed by atoms with Crippen molar-refractivity contribution in [1.82, 2.24) is 8.87 Å². The van der Waals surface area contributed by atoms with Crippen LogP contribution >= 0.6 is 0 Å². The Balaban J connectivity index is 1.57. The number of benzene rings is 3. The normalized spacial score (nSPS) is 17.7. The summed E-state index contributed by atoms with van der Waals surface area (Å²) in [6, 6.07) is 23.5. The Hall–Kier alpha value is -4.13. The molecule has 1 fully saturated rings. The summed E-state index contributed by atoms with van der Waals surface area (Å²) in [5, 5.41) is 19.8. The molecular weight excluding hydrogens is 514 g/mol. The van der Waals surface area contributed by atoms with E-state index in [1.807, 2.05) is 48.0 Å². The minimum atomic E-state index is -3.80. The Labute approximate surface area is 227 Å². The summed E-state index contributed by atoms with van der Waals surface area (Å²) in [6.45, 7) is 2.89. The number of carboxylic acid groups (broad SMARTS) is 1. The zero-order valence-corrected chi connectivity index (χ0v) is 22.3. The smallest absolute Gasteiger partial charge is 0.307 e. The van der Waals surface area contributed by atoms with Crippen LogP contribution in [0.25, 0.3) is 10.9 Å². The zero-order valence-electron chi connectivity index (χ0n) is 21.5. The predicted octanol–water partition coefficient (Wildman–Crippen LogP) is 4.64. The van der Waals surface area contributed by atoms with Gasteiger partial charge in [0.25, 0.3) is 0 Å². The molecule has 2 atom stereocenters. The lowest BCUT2D eigenvalue weighted by Crippen LogP contribution is -2.29. The largest absolute Gasteiger partial charge is 0.494 e. The van der Waals surface area contributed by atoms with E-state index < -0.39 is 16.0 Å². The predicted molar refractivity (Wildman–Crippen MR) is 147 cm³/mol. The fraction of sp³-hybridized carbons (Fsp3) is 0.267. The molecule has 0 saturated carbocycles. The molecule has 0 spiro atoms. The summed E-state index contributed by atoms with van der Waals surface area (Å²) in [4.78, 5) is 11.8. The third-order valence-corrected chi connectivity index (χ3v) is 9.08. The molecule has 0 radical (unpaired) electrons. The second-order valence-electron chi connectivity index (χ2n) is 9.72. The highest BCUT2D eigenvalue weighted by atomic mass is 32.2. The fourth-order valence-electron chi connectivity index (χ4n) is 5.44.